The molecular formula is C11H13N. The van der Waals surface area contributed by atoms with Crippen LogP contribution in [0.15, 0.2) is 24.9 Å². The third-order valence-corrected chi connectivity index (χ3v) is 2.64. The van der Waals surface area contributed by atoms with Gasteiger partial charge in [0.05, 0.1) is 0 Å². The summed E-state index contributed by atoms with van der Waals surface area (Å²) >= 11 is 0. The molecule has 0 aliphatic heterocycles. The SMILES string of the molecule is C=Cc1ccnc(C2(C)CC2)c1. The second-order valence-corrected chi connectivity index (χ2v) is 3.74. The van der Waals surface area contributed by atoms with E-state index in [1.807, 2.05) is 18.3 Å². The van der Waals surface area contributed by atoms with Crippen LogP contribution in [-0.4, -0.2) is 4.98 Å². The molecule has 0 N–H and O–H groups in total. The predicted molar refractivity (Wildman–Crippen MR) is 50.9 cm³/mol. The Balaban J connectivity index is 2.38. The average Bonchev–Trinajstić information content (AvgIpc) is 2.85. The zero-order chi connectivity index (χ0) is 8.60. The van der Waals surface area contributed by atoms with E-state index in [2.05, 4.69) is 24.6 Å². The number of rotatable bonds is 2. The van der Waals surface area contributed by atoms with Crippen LogP contribution < -0.4 is 0 Å². The molecule has 2 rings (SSSR count). The van der Waals surface area contributed by atoms with E-state index in [-0.39, 0.29) is 0 Å². The Morgan fingerprint density at radius 1 is 1.58 bits per heavy atom. The van der Waals surface area contributed by atoms with Gasteiger partial charge in [0.2, 0.25) is 0 Å². The fraction of sp³-hybridized carbons (Fsp3) is 0.364. The molecule has 0 saturated heterocycles. The largest absolute Gasteiger partial charge is 0.261 e. The second kappa shape index (κ2) is 2.44. The first kappa shape index (κ1) is 7.53. The molecule has 62 valence electrons. The number of pyridine rings is 1. The normalized spacial score (nSPS) is 18.8. The van der Waals surface area contributed by atoms with Crippen LogP contribution in [0.4, 0.5) is 0 Å². The van der Waals surface area contributed by atoms with E-state index in [9.17, 15) is 0 Å². The minimum Gasteiger partial charge on any atom is -0.261 e. The van der Waals surface area contributed by atoms with Crippen LogP contribution in [0.25, 0.3) is 6.08 Å². The lowest BCUT2D eigenvalue weighted by atomic mass is 10.0. The molecule has 1 aliphatic carbocycles. The van der Waals surface area contributed by atoms with Crippen molar-refractivity contribution >= 4 is 6.08 Å². The molecule has 0 radical (unpaired) electrons. The summed E-state index contributed by atoms with van der Waals surface area (Å²) < 4.78 is 0. The lowest BCUT2D eigenvalue weighted by Crippen LogP contribution is -2.02. The van der Waals surface area contributed by atoms with Crippen LogP contribution in [0.5, 0.6) is 0 Å². The molecule has 1 heterocycles. The Morgan fingerprint density at radius 3 is 2.92 bits per heavy atom. The van der Waals surface area contributed by atoms with Crippen LogP contribution in [0.2, 0.25) is 0 Å². The van der Waals surface area contributed by atoms with Gasteiger partial charge in [-0.1, -0.05) is 19.6 Å². The van der Waals surface area contributed by atoms with Crippen LogP contribution in [0, 0.1) is 0 Å². The predicted octanol–water partition coefficient (Wildman–Crippen LogP) is 2.78. The van der Waals surface area contributed by atoms with E-state index in [0.717, 1.165) is 0 Å². The van der Waals surface area contributed by atoms with Gasteiger partial charge >= 0.3 is 0 Å². The van der Waals surface area contributed by atoms with Gasteiger partial charge in [-0.15, -0.1) is 0 Å². The van der Waals surface area contributed by atoms with Gasteiger partial charge in [-0.05, 0) is 30.5 Å². The van der Waals surface area contributed by atoms with Crippen LogP contribution >= 0.6 is 0 Å². The summed E-state index contributed by atoms with van der Waals surface area (Å²) in [5.41, 5.74) is 2.77. The van der Waals surface area contributed by atoms with Crippen molar-refractivity contribution in [3.05, 3.63) is 36.2 Å². The fourth-order valence-electron chi connectivity index (χ4n) is 1.35. The molecule has 0 bridgehead atoms. The van der Waals surface area contributed by atoms with Crippen molar-refractivity contribution in [2.75, 3.05) is 0 Å². The van der Waals surface area contributed by atoms with Gasteiger partial charge in [-0.3, -0.25) is 4.98 Å². The first-order valence-electron chi connectivity index (χ1n) is 4.34. The van der Waals surface area contributed by atoms with E-state index < -0.39 is 0 Å². The molecule has 1 fully saturated rings. The number of hydrogen-bond donors (Lipinski definition) is 0. The molecule has 1 aromatic rings. The van der Waals surface area contributed by atoms with Crippen molar-refractivity contribution in [1.82, 2.24) is 4.98 Å². The summed E-state index contributed by atoms with van der Waals surface area (Å²) in [5, 5.41) is 0. The van der Waals surface area contributed by atoms with E-state index >= 15 is 0 Å². The highest BCUT2D eigenvalue weighted by Gasteiger charge is 2.40. The monoisotopic (exact) mass is 159 g/mol. The molecule has 0 amide bonds. The first-order chi connectivity index (χ1) is 5.74. The molecule has 0 aromatic carbocycles. The fourth-order valence-corrected chi connectivity index (χ4v) is 1.35. The zero-order valence-corrected chi connectivity index (χ0v) is 7.38. The molecule has 1 aromatic heterocycles. The Bertz CT molecular complexity index is 311. The van der Waals surface area contributed by atoms with E-state index in [4.69, 9.17) is 0 Å². The van der Waals surface area contributed by atoms with Gasteiger partial charge < -0.3 is 0 Å². The standard InChI is InChI=1S/C11H13N/c1-3-9-4-7-12-10(8-9)11(2)5-6-11/h3-4,7-8H,1,5-6H2,2H3. The lowest BCUT2D eigenvalue weighted by molar-refractivity contribution is 0.750. The van der Waals surface area contributed by atoms with Gasteiger partial charge in [0.15, 0.2) is 0 Å². The molecule has 12 heavy (non-hydrogen) atoms. The summed E-state index contributed by atoms with van der Waals surface area (Å²) in [6, 6.07) is 4.13. The van der Waals surface area contributed by atoms with E-state index in [1.165, 1.54) is 24.1 Å². The van der Waals surface area contributed by atoms with E-state index in [0.29, 0.717) is 5.41 Å². The number of hydrogen-bond acceptors (Lipinski definition) is 1. The molecular weight excluding hydrogens is 146 g/mol. The van der Waals surface area contributed by atoms with Gasteiger partial charge in [0.25, 0.3) is 0 Å². The molecule has 0 unspecified atom stereocenters. The average molecular weight is 159 g/mol. The maximum absolute atomic E-state index is 4.37. The molecule has 0 spiro atoms. The van der Waals surface area contributed by atoms with Gasteiger partial charge in [0, 0.05) is 17.3 Å². The van der Waals surface area contributed by atoms with Crippen LogP contribution in [0.3, 0.4) is 0 Å². The maximum atomic E-state index is 4.37. The van der Waals surface area contributed by atoms with Gasteiger partial charge in [0.1, 0.15) is 0 Å². The highest BCUT2D eigenvalue weighted by Crippen LogP contribution is 2.46. The Kier molecular flexibility index (Phi) is 1.53. The highest BCUT2D eigenvalue weighted by molar-refractivity contribution is 5.47. The van der Waals surface area contributed by atoms with Crippen molar-refractivity contribution in [2.24, 2.45) is 0 Å². The van der Waals surface area contributed by atoms with Gasteiger partial charge in [-0.2, -0.15) is 0 Å². The second-order valence-electron chi connectivity index (χ2n) is 3.74. The molecule has 1 saturated carbocycles. The smallest absolute Gasteiger partial charge is 0.0468 e. The zero-order valence-electron chi connectivity index (χ0n) is 7.38. The third kappa shape index (κ3) is 1.15. The summed E-state index contributed by atoms with van der Waals surface area (Å²) in [7, 11) is 0. The Morgan fingerprint density at radius 2 is 2.33 bits per heavy atom. The molecule has 1 heteroatoms. The first-order valence-corrected chi connectivity index (χ1v) is 4.34. The van der Waals surface area contributed by atoms with E-state index in [1.54, 1.807) is 0 Å². The lowest BCUT2D eigenvalue weighted by Gasteiger charge is -2.07. The summed E-state index contributed by atoms with van der Waals surface area (Å²) in [6.07, 6.45) is 6.30. The van der Waals surface area contributed by atoms with Crippen molar-refractivity contribution in [2.45, 2.75) is 25.2 Å². The van der Waals surface area contributed by atoms with Crippen molar-refractivity contribution in [3.63, 3.8) is 0 Å². The number of aromatic nitrogens is 1. The molecule has 0 atom stereocenters. The summed E-state index contributed by atoms with van der Waals surface area (Å²) in [4.78, 5) is 4.37. The minimum absolute atomic E-state index is 0.374. The Hall–Kier alpha value is -1.11. The number of nitrogens with zero attached hydrogens (tertiary/aromatic N) is 1. The van der Waals surface area contributed by atoms with Crippen molar-refractivity contribution in [3.8, 4) is 0 Å². The van der Waals surface area contributed by atoms with Crippen molar-refractivity contribution in [1.29, 1.82) is 0 Å². The third-order valence-electron chi connectivity index (χ3n) is 2.64. The van der Waals surface area contributed by atoms with Gasteiger partial charge in [-0.25, -0.2) is 0 Å². The Labute approximate surface area is 73.1 Å². The van der Waals surface area contributed by atoms with Crippen LogP contribution in [0.1, 0.15) is 31.0 Å². The minimum atomic E-state index is 0.374. The van der Waals surface area contributed by atoms with Crippen molar-refractivity contribution < 1.29 is 0 Å². The van der Waals surface area contributed by atoms with Crippen LogP contribution in [-0.2, 0) is 5.41 Å². The summed E-state index contributed by atoms with van der Waals surface area (Å²) in [5.74, 6) is 0. The quantitative estimate of drug-likeness (QED) is 0.646. The molecule has 1 aliphatic rings. The molecule has 1 nitrogen and oxygen atoms in total. The topological polar surface area (TPSA) is 12.9 Å². The highest BCUT2D eigenvalue weighted by atomic mass is 14.7. The summed E-state index contributed by atoms with van der Waals surface area (Å²) in [6.45, 7) is 6.01. The maximum Gasteiger partial charge on any atom is 0.0468 e.